The Balaban J connectivity index is 2.47. The smallest absolute Gasteiger partial charge is 0.307 e. The van der Waals surface area contributed by atoms with Gasteiger partial charge in [-0.2, -0.15) is 11.8 Å². The number of carboxylic acid groups (broad SMARTS) is 1. The van der Waals surface area contributed by atoms with Gasteiger partial charge in [0.15, 0.2) is 0 Å². The number of amides is 1. The quantitative estimate of drug-likeness (QED) is 0.723. The molecule has 0 heterocycles. The lowest BCUT2D eigenvalue weighted by Crippen LogP contribution is -2.16. The van der Waals surface area contributed by atoms with Crippen molar-refractivity contribution in [3.05, 3.63) is 29.8 Å². The minimum atomic E-state index is -0.905. The summed E-state index contributed by atoms with van der Waals surface area (Å²) in [7, 11) is 0. The fraction of sp³-hybridized carbons (Fsp3) is 0.467. The number of thioether (sulfide) groups is 1. The highest BCUT2D eigenvalue weighted by molar-refractivity contribution is 7.99. The third kappa shape index (κ3) is 6.61. The number of benzene rings is 1. The van der Waals surface area contributed by atoms with E-state index in [2.05, 4.69) is 19.2 Å². The molecule has 5 heteroatoms. The van der Waals surface area contributed by atoms with Crippen LogP contribution in [-0.2, 0) is 16.0 Å². The molecule has 0 aromatic heterocycles. The van der Waals surface area contributed by atoms with Crippen molar-refractivity contribution in [2.24, 2.45) is 5.92 Å². The monoisotopic (exact) mass is 295 g/mol. The van der Waals surface area contributed by atoms with E-state index < -0.39 is 5.97 Å². The summed E-state index contributed by atoms with van der Waals surface area (Å²) in [6.07, 6.45) is 1.00. The SMILES string of the molecule is CC(C)CCSCC(=O)Nc1ccccc1CC(=O)O. The van der Waals surface area contributed by atoms with Crippen LogP contribution in [0.2, 0.25) is 0 Å². The maximum absolute atomic E-state index is 11.8. The van der Waals surface area contributed by atoms with Crippen molar-refractivity contribution in [2.45, 2.75) is 26.7 Å². The van der Waals surface area contributed by atoms with Gasteiger partial charge in [-0.25, -0.2) is 0 Å². The largest absolute Gasteiger partial charge is 0.481 e. The molecule has 0 spiro atoms. The minimum absolute atomic E-state index is 0.0864. The summed E-state index contributed by atoms with van der Waals surface area (Å²) in [5.74, 6) is 1.01. The first-order valence-corrected chi connectivity index (χ1v) is 7.81. The Labute approximate surface area is 124 Å². The van der Waals surface area contributed by atoms with Crippen LogP contribution >= 0.6 is 11.8 Å². The molecule has 4 nitrogen and oxygen atoms in total. The zero-order chi connectivity index (χ0) is 15.0. The molecule has 110 valence electrons. The van der Waals surface area contributed by atoms with Gasteiger partial charge >= 0.3 is 5.97 Å². The Kier molecular flexibility index (Phi) is 7.15. The van der Waals surface area contributed by atoms with Crippen molar-refractivity contribution in [1.82, 2.24) is 0 Å². The van der Waals surface area contributed by atoms with Crippen LogP contribution in [-0.4, -0.2) is 28.5 Å². The molecule has 0 radical (unpaired) electrons. The fourth-order valence-electron chi connectivity index (χ4n) is 1.63. The maximum atomic E-state index is 11.8. The molecule has 1 aromatic carbocycles. The summed E-state index contributed by atoms with van der Waals surface area (Å²) >= 11 is 1.60. The lowest BCUT2D eigenvalue weighted by atomic mass is 10.1. The van der Waals surface area contributed by atoms with Gasteiger partial charge in [-0.05, 0) is 29.7 Å². The average molecular weight is 295 g/mol. The molecule has 0 aliphatic rings. The van der Waals surface area contributed by atoms with Crippen LogP contribution in [0.5, 0.6) is 0 Å². The molecule has 1 rings (SSSR count). The first-order chi connectivity index (χ1) is 9.49. The molecule has 0 fully saturated rings. The van der Waals surface area contributed by atoms with Crippen molar-refractivity contribution < 1.29 is 14.7 Å². The first kappa shape index (κ1) is 16.6. The highest BCUT2D eigenvalue weighted by Gasteiger charge is 2.09. The average Bonchev–Trinajstić information content (AvgIpc) is 2.36. The van der Waals surface area contributed by atoms with Crippen molar-refractivity contribution in [2.75, 3.05) is 16.8 Å². The summed E-state index contributed by atoms with van der Waals surface area (Å²) in [5.41, 5.74) is 1.21. The van der Waals surface area contributed by atoms with E-state index in [1.807, 2.05) is 0 Å². The number of hydrogen-bond acceptors (Lipinski definition) is 3. The van der Waals surface area contributed by atoms with Gasteiger partial charge in [-0.3, -0.25) is 9.59 Å². The van der Waals surface area contributed by atoms with Crippen LogP contribution in [0.1, 0.15) is 25.8 Å². The summed E-state index contributed by atoms with van der Waals surface area (Å²) in [5, 5.41) is 11.6. The van der Waals surface area contributed by atoms with Crippen molar-refractivity contribution >= 4 is 29.3 Å². The lowest BCUT2D eigenvalue weighted by molar-refractivity contribution is -0.136. The Morgan fingerprint density at radius 2 is 2.00 bits per heavy atom. The van der Waals surface area contributed by atoms with Crippen molar-refractivity contribution in [3.8, 4) is 0 Å². The number of aliphatic carboxylic acids is 1. The molecule has 0 bridgehead atoms. The molecular formula is C15H21NO3S. The van der Waals surface area contributed by atoms with Gasteiger partial charge in [-0.15, -0.1) is 0 Å². The van der Waals surface area contributed by atoms with E-state index >= 15 is 0 Å². The lowest BCUT2D eigenvalue weighted by Gasteiger charge is -2.10. The van der Waals surface area contributed by atoms with E-state index in [0.29, 0.717) is 22.9 Å². The van der Waals surface area contributed by atoms with Crippen LogP contribution in [0.4, 0.5) is 5.69 Å². The van der Waals surface area contributed by atoms with E-state index in [9.17, 15) is 9.59 Å². The highest BCUT2D eigenvalue weighted by Crippen LogP contribution is 2.16. The zero-order valence-corrected chi connectivity index (χ0v) is 12.7. The molecule has 20 heavy (non-hydrogen) atoms. The van der Waals surface area contributed by atoms with Gasteiger partial charge in [-0.1, -0.05) is 32.0 Å². The van der Waals surface area contributed by atoms with E-state index in [0.717, 1.165) is 12.2 Å². The number of carbonyl (C=O) groups excluding carboxylic acids is 1. The molecule has 0 saturated heterocycles. The highest BCUT2D eigenvalue weighted by atomic mass is 32.2. The summed E-state index contributed by atoms with van der Waals surface area (Å²) in [6.45, 7) is 4.31. The summed E-state index contributed by atoms with van der Waals surface area (Å²) in [4.78, 5) is 22.6. The van der Waals surface area contributed by atoms with Crippen LogP contribution in [0.3, 0.4) is 0 Å². The van der Waals surface area contributed by atoms with Gasteiger partial charge in [0.05, 0.1) is 12.2 Å². The van der Waals surface area contributed by atoms with E-state index in [4.69, 9.17) is 5.11 Å². The van der Waals surface area contributed by atoms with E-state index in [-0.39, 0.29) is 12.3 Å². The van der Waals surface area contributed by atoms with Gasteiger partial charge in [0.2, 0.25) is 5.91 Å². The zero-order valence-electron chi connectivity index (χ0n) is 11.9. The second-order valence-electron chi connectivity index (χ2n) is 5.01. The topological polar surface area (TPSA) is 66.4 Å². The normalized spacial score (nSPS) is 10.6. The summed E-state index contributed by atoms with van der Waals surface area (Å²) < 4.78 is 0. The number of anilines is 1. The molecule has 0 unspecified atom stereocenters. The molecule has 1 amide bonds. The van der Waals surface area contributed by atoms with Crippen LogP contribution in [0.15, 0.2) is 24.3 Å². The third-order valence-corrected chi connectivity index (χ3v) is 3.70. The number of para-hydroxylation sites is 1. The number of rotatable bonds is 8. The Bertz CT molecular complexity index is 460. The van der Waals surface area contributed by atoms with Crippen LogP contribution < -0.4 is 5.32 Å². The molecule has 1 aromatic rings. The number of carboxylic acids is 1. The number of carbonyl (C=O) groups is 2. The number of hydrogen-bond donors (Lipinski definition) is 2. The Morgan fingerprint density at radius 1 is 1.30 bits per heavy atom. The summed E-state index contributed by atoms with van der Waals surface area (Å²) in [6, 6.07) is 7.00. The predicted octanol–water partition coefficient (Wildman–Crippen LogP) is 3.03. The second-order valence-corrected chi connectivity index (χ2v) is 6.12. The van der Waals surface area contributed by atoms with Crippen LogP contribution in [0, 0.1) is 5.92 Å². The Hall–Kier alpha value is -1.49. The van der Waals surface area contributed by atoms with E-state index in [1.165, 1.54) is 0 Å². The first-order valence-electron chi connectivity index (χ1n) is 6.66. The van der Waals surface area contributed by atoms with Gasteiger partial charge < -0.3 is 10.4 Å². The molecule has 0 aliphatic carbocycles. The van der Waals surface area contributed by atoms with Crippen LogP contribution in [0.25, 0.3) is 0 Å². The standard InChI is InChI=1S/C15H21NO3S/c1-11(2)7-8-20-10-14(17)16-13-6-4-3-5-12(13)9-15(18)19/h3-6,11H,7-10H2,1-2H3,(H,16,17)(H,18,19). The van der Waals surface area contributed by atoms with E-state index in [1.54, 1.807) is 36.0 Å². The molecule has 0 atom stereocenters. The van der Waals surface area contributed by atoms with Crippen molar-refractivity contribution in [3.63, 3.8) is 0 Å². The molecule has 2 N–H and O–H groups in total. The van der Waals surface area contributed by atoms with Gasteiger partial charge in [0.1, 0.15) is 0 Å². The van der Waals surface area contributed by atoms with Crippen molar-refractivity contribution in [1.29, 1.82) is 0 Å². The minimum Gasteiger partial charge on any atom is -0.481 e. The third-order valence-electron chi connectivity index (χ3n) is 2.71. The molecule has 0 aliphatic heterocycles. The maximum Gasteiger partial charge on any atom is 0.307 e. The molecular weight excluding hydrogens is 274 g/mol. The molecule has 0 saturated carbocycles. The van der Waals surface area contributed by atoms with Gasteiger partial charge in [0.25, 0.3) is 0 Å². The fourth-order valence-corrected chi connectivity index (χ4v) is 2.67. The Morgan fingerprint density at radius 3 is 2.65 bits per heavy atom. The second kappa shape index (κ2) is 8.64. The number of nitrogens with one attached hydrogen (secondary N) is 1. The van der Waals surface area contributed by atoms with Gasteiger partial charge in [0, 0.05) is 5.69 Å². The predicted molar refractivity (Wildman–Crippen MR) is 83.2 cm³/mol.